The van der Waals surface area contributed by atoms with E-state index in [1.807, 2.05) is 42.5 Å². The third-order valence-corrected chi connectivity index (χ3v) is 1.94. The van der Waals surface area contributed by atoms with E-state index in [9.17, 15) is 0 Å². The first-order chi connectivity index (χ1) is 6.90. The Balaban J connectivity index is 2.25. The Morgan fingerprint density at radius 3 is 2.71 bits per heavy atom. The smallest absolute Gasteiger partial charge is 0.230 e. The molecule has 69 valence electrons. The van der Waals surface area contributed by atoms with E-state index in [0.717, 1.165) is 11.3 Å². The molecule has 1 aliphatic rings. The van der Waals surface area contributed by atoms with Crippen molar-refractivity contribution in [2.24, 2.45) is 5.11 Å². The average molecular weight is 185 g/mol. The van der Waals surface area contributed by atoms with Gasteiger partial charge in [-0.05, 0) is 17.7 Å². The van der Waals surface area contributed by atoms with Gasteiger partial charge in [-0.15, -0.1) is 5.11 Å². The zero-order valence-electron chi connectivity index (χ0n) is 7.50. The summed E-state index contributed by atoms with van der Waals surface area (Å²) in [7, 11) is 0. The standard InChI is InChI=1S/C11H9N2O/c12-13-11-8-4-7-10(14-11)9-5-2-1-3-6-9/h1-8,11H. The van der Waals surface area contributed by atoms with Gasteiger partial charge in [0, 0.05) is 5.56 Å². The molecule has 3 nitrogen and oxygen atoms in total. The summed E-state index contributed by atoms with van der Waals surface area (Å²) in [5.74, 6) is 0.718. The number of ether oxygens (including phenoxy) is 1. The van der Waals surface area contributed by atoms with Crippen LogP contribution in [0.15, 0.2) is 53.7 Å². The maximum absolute atomic E-state index is 8.58. The zero-order valence-corrected chi connectivity index (χ0v) is 7.50. The zero-order chi connectivity index (χ0) is 9.80. The topological polar surface area (TPSA) is 43.9 Å². The second-order valence-electron chi connectivity index (χ2n) is 2.91. The molecule has 1 aliphatic heterocycles. The largest absolute Gasteiger partial charge is 0.463 e. The van der Waals surface area contributed by atoms with Crippen molar-refractivity contribution in [3.63, 3.8) is 0 Å². The van der Waals surface area contributed by atoms with Crippen molar-refractivity contribution in [1.82, 2.24) is 5.53 Å². The Kier molecular flexibility index (Phi) is 2.40. The van der Waals surface area contributed by atoms with Crippen LogP contribution in [0, 0.1) is 0 Å². The number of allylic oxidation sites excluding steroid dienone is 2. The van der Waals surface area contributed by atoms with Crippen LogP contribution in [0.1, 0.15) is 5.56 Å². The molecule has 3 heteroatoms. The Labute approximate surface area is 82.2 Å². The maximum atomic E-state index is 8.58. The fourth-order valence-corrected chi connectivity index (χ4v) is 1.28. The summed E-state index contributed by atoms with van der Waals surface area (Å²) >= 11 is 0. The van der Waals surface area contributed by atoms with Gasteiger partial charge in [0.1, 0.15) is 5.76 Å². The highest BCUT2D eigenvalue weighted by Gasteiger charge is 2.11. The van der Waals surface area contributed by atoms with Gasteiger partial charge in [0.15, 0.2) is 0 Å². The number of hydrogen-bond donors (Lipinski definition) is 0. The molecule has 1 heterocycles. The fraction of sp³-hybridized carbons (Fsp3) is 0.0909. The minimum absolute atomic E-state index is 0.588. The van der Waals surface area contributed by atoms with Crippen LogP contribution in [0.5, 0.6) is 0 Å². The quantitative estimate of drug-likeness (QED) is 0.651. The van der Waals surface area contributed by atoms with Gasteiger partial charge in [-0.2, -0.15) is 0 Å². The van der Waals surface area contributed by atoms with E-state index in [2.05, 4.69) is 5.11 Å². The minimum atomic E-state index is -0.588. The van der Waals surface area contributed by atoms with Crippen molar-refractivity contribution in [2.75, 3.05) is 0 Å². The molecule has 0 spiro atoms. The fourth-order valence-electron chi connectivity index (χ4n) is 1.28. The Morgan fingerprint density at radius 1 is 1.21 bits per heavy atom. The van der Waals surface area contributed by atoms with Crippen LogP contribution >= 0.6 is 0 Å². The molecule has 0 amide bonds. The maximum Gasteiger partial charge on any atom is 0.230 e. The van der Waals surface area contributed by atoms with E-state index < -0.39 is 6.23 Å². The van der Waals surface area contributed by atoms with Crippen LogP contribution in [0.25, 0.3) is 5.76 Å². The van der Waals surface area contributed by atoms with Gasteiger partial charge in [-0.25, -0.2) is 0 Å². The SMILES string of the molecule is [N]=NC1C=CC=C(c2ccccc2)O1. The van der Waals surface area contributed by atoms with E-state index in [-0.39, 0.29) is 0 Å². The number of nitrogens with zero attached hydrogens (tertiary/aromatic N) is 2. The third-order valence-electron chi connectivity index (χ3n) is 1.94. The lowest BCUT2D eigenvalue weighted by Crippen LogP contribution is -2.08. The molecule has 0 saturated carbocycles. The molecule has 2 rings (SSSR count). The van der Waals surface area contributed by atoms with Gasteiger partial charge in [-0.3, -0.25) is 0 Å². The molecule has 1 unspecified atom stereocenters. The van der Waals surface area contributed by atoms with Crippen LogP contribution < -0.4 is 5.53 Å². The molecule has 0 aromatic heterocycles. The van der Waals surface area contributed by atoms with Gasteiger partial charge < -0.3 is 4.74 Å². The summed E-state index contributed by atoms with van der Waals surface area (Å²) in [6.07, 6.45) is 4.75. The molecule has 14 heavy (non-hydrogen) atoms. The molecule has 0 bridgehead atoms. The van der Waals surface area contributed by atoms with E-state index in [4.69, 9.17) is 10.3 Å². The molecule has 0 N–H and O–H groups in total. The summed E-state index contributed by atoms with van der Waals surface area (Å²) < 4.78 is 5.38. The second kappa shape index (κ2) is 3.87. The number of hydrogen-bond acceptors (Lipinski definition) is 2. The molecule has 0 fully saturated rings. The van der Waals surface area contributed by atoms with Crippen molar-refractivity contribution in [2.45, 2.75) is 6.23 Å². The Morgan fingerprint density at radius 2 is 2.00 bits per heavy atom. The molecule has 1 aromatic rings. The molecule has 0 saturated heterocycles. The Hall–Kier alpha value is -1.90. The third kappa shape index (κ3) is 1.71. The highest BCUT2D eigenvalue weighted by Crippen LogP contribution is 2.21. The number of rotatable bonds is 2. The van der Waals surface area contributed by atoms with Crippen molar-refractivity contribution >= 4 is 5.76 Å². The molecule has 1 atom stereocenters. The lowest BCUT2D eigenvalue weighted by molar-refractivity contribution is 0.210. The lowest BCUT2D eigenvalue weighted by atomic mass is 10.1. The Bertz CT molecular complexity index is 382. The van der Waals surface area contributed by atoms with Crippen LogP contribution in [-0.2, 0) is 4.74 Å². The van der Waals surface area contributed by atoms with E-state index in [1.54, 1.807) is 6.08 Å². The van der Waals surface area contributed by atoms with Crippen molar-refractivity contribution < 1.29 is 4.74 Å². The predicted molar refractivity (Wildman–Crippen MR) is 53.0 cm³/mol. The van der Waals surface area contributed by atoms with Gasteiger partial charge in [0.25, 0.3) is 0 Å². The van der Waals surface area contributed by atoms with Crippen molar-refractivity contribution in [3.05, 3.63) is 54.1 Å². The van der Waals surface area contributed by atoms with Gasteiger partial charge in [-0.1, -0.05) is 36.4 Å². The van der Waals surface area contributed by atoms with Crippen LogP contribution in [0.3, 0.4) is 0 Å². The first-order valence-corrected chi connectivity index (χ1v) is 4.35. The summed E-state index contributed by atoms with van der Waals surface area (Å²) in [5, 5.41) is 3.07. The lowest BCUT2D eigenvalue weighted by Gasteiger charge is -2.15. The average Bonchev–Trinajstić information content (AvgIpc) is 2.30. The first kappa shape index (κ1) is 8.69. The van der Waals surface area contributed by atoms with E-state index in [0.29, 0.717) is 0 Å². The normalized spacial score (nSPS) is 19.7. The second-order valence-corrected chi connectivity index (χ2v) is 2.91. The molecular formula is C11H9N2O. The van der Waals surface area contributed by atoms with E-state index in [1.165, 1.54) is 0 Å². The van der Waals surface area contributed by atoms with Crippen molar-refractivity contribution in [3.8, 4) is 0 Å². The van der Waals surface area contributed by atoms with Crippen LogP contribution in [0.4, 0.5) is 0 Å². The summed E-state index contributed by atoms with van der Waals surface area (Å²) in [6.45, 7) is 0. The molecule has 1 aromatic carbocycles. The molecular weight excluding hydrogens is 176 g/mol. The van der Waals surface area contributed by atoms with Gasteiger partial charge in [0.2, 0.25) is 6.23 Å². The van der Waals surface area contributed by atoms with Gasteiger partial charge >= 0.3 is 0 Å². The molecule has 0 aliphatic carbocycles. The molecule has 1 radical (unpaired) electrons. The highest BCUT2D eigenvalue weighted by molar-refractivity contribution is 5.62. The minimum Gasteiger partial charge on any atom is -0.463 e. The van der Waals surface area contributed by atoms with Crippen molar-refractivity contribution in [1.29, 1.82) is 0 Å². The predicted octanol–water partition coefficient (Wildman–Crippen LogP) is 2.19. The highest BCUT2D eigenvalue weighted by atomic mass is 16.5. The summed E-state index contributed by atoms with van der Waals surface area (Å²) in [5.41, 5.74) is 9.55. The number of benzene rings is 1. The van der Waals surface area contributed by atoms with E-state index >= 15 is 0 Å². The summed E-state index contributed by atoms with van der Waals surface area (Å²) in [4.78, 5) is 0. The van der Waals surface area contributed by atoms with Gasteiger partial charge in [0.05, 0.1) is 0 Å². The van der Waals surface area contributed by atoms with Crippen LogP contribution in [-0.4, -0.2) is 6.23 Å². The monoisotopic (exact) mass is 185 g/mol. The van der Waals surface area contributed by atoms with Crippen LogP contribution in [0.2, 0.25) is 0 Å². The summed E-state index contributed by atoms with van der Waals surface area (Å²) in [6, 6.07) is 9.70. The first-order valence-electron chi connectivity index (χ1n) is 4.35.